The molecule has 1 spiro atoms. The van der Waals surface area contributed by atoms with E-state index in [-0.39, 0.29) is 5.41 Å². The molecule has 1 aromatic carbocycles. The van der Waals surface area contributed by atoms with E-state index in [4.69, 9.17) is 9.26 Å². The fourth-order valence-electron chi connectivity index (χ4n) is 5.18. The number of piperidine rings is 1. The van der Waals surface area contributed by atoms with Crippen LogP contribution in [0.4, 0.5) is 5.82 Å². The topological polar surface area (TPSA) is 67.5 Å². The molecule has 31 heavy (non-hydrogen) atoms. The number of likely N-dealkylation sites (tertiary alicyclic amines) is 1. The van der Waals surface area contributed by atoms with Gasteiger partial charge in [-0.05, 0) is 50.9 Å². The number of aryl methyl sites for hydroxylation is 2. The second kappa shape index (κ2) is 7.96. The maximum Gasteiger partial charge on any atom is 0.218 e. The van der Waals surface area contributed by atoms with Crippen molar-refractivity contribution in [2.75, 3.05) is 31.6 Å². The number of ether oxygens (including phenoxy) is 1. The maximum absolute atomic E-state index is 5.37. The number of fused-ring (bicyclic) bond motifs is 2. The standard InChI is InChI=1S/C24H29N5O2/c1-17-20(18(2)31-27-17)14-28-10-8-24(9-11-28)15-29(13-19-6-4-5-7-21(19)24)22-12-23(30-3)26-16-25-22/h4-7,12,16H,8-11,13-15H2,1-3H3. The number of anilines is 1. The lowest BCUT2D eigenvalue weighted by Gasteiger charge is -2.49. The van der Waals surface area contributed by atoms with Gasteiger partial charge < -0.3 is 14.2 Å². The van der Waals surface area contributed by atoms with Crippen molar-refractivity contribution in [2.45, 2.75) is 45.2 Å². The van der Waals surface area contributed by atoms with Gasteiger partial charge >= 0.3 is 0 Å². The van der Waals surface area contributed by atoms with Crippen LogP contribution in [0.1, 0.15) is 41.0 Å². The van der Waals surface area contributed by atoms with Crippen molar-refractivity contribution in [3.63, 3.8) is 0 Å². The molecule has 1 fully saturated rings. The Hall–Kier alpha value is -2.93. The van der Waals surface area contributed by atoms with Crippen LogP contribution in [0, 0.1) is 13.8 Å². The summed E-state index contributed by atoms with van der Waals surface area (Å²) in [5, 5.41) is 4.12. The molecule has 0 atom stereocenters. The predicted molar refractivity (Wildman–Crippen MR) is 118 cm³/mol. The van der Waals surface area contributed by atoms with Crippen molar-refractivity contribution in [3.05, 3.63) is 64.8 Å². The van der Waals surface area contributed by atoms with Crippen LogP contribution < -0.4 is 9.64 Å². The predicted octanol–water partition coefficient (Wildman–Crippen LogP) is 3.64. The summed E-state index contributed by atoms with van der Waals surface area (Å²) < 4.78 is 10.7. The summed E-state index contributed by atoms with van der Waals surface area (Å²) >= 11 is 0. The number of nitrogens with zero attached hydrogens (tertiary/aromatic N) is 5. The molecule has 7 nitrogen and oxygen atoms in total. The van der Waals surface area contributed by atoms with Gasteiger partial charge in [0.15, 0.2) is 0 Å². The van der Waals surface area contributed by atoms with Crippen molar-refractivity contribution >= 4 is 5.82 Å². The highest BCUT2D eigenvalue weighted by Crippen LogP contribution is 2.43. The van der Waals surface area contributed by atoms with Crippen LogP contribution in [-0.4, -0.2) is 46.8 Å². The minimum Gasteiger partial charge on any atom is -0.481 e. The molecule has 0 aliphatic carbocycles. The van der Waals surface area contributed by atoms with Crippen molar-refractivity contribution < 1.29 is 9.26 Å². The molecule has 5 rings (SSSR count). The number of hydrogen-bond acceptors (Lipinski definition) is 7. The van der Waals surface area contributed by atoms with E-state index in [2.05, 4.69) is 49.2 Å². The zero-order chi connectivity index (χ0) is 21.4. The summed E-state index contributed by atoms with van der Waals surface area (Å²) in [6.45, 7) is 8.88. The molecule has 2 aromatic heterocycles. The van der Waals surface area contributed by atoms with Crippen molar-refractivity contribution in [1.82, 2.24) is 20.0 Å². The minimum atomic E-state index is 0.127. The number of aromatic nitrogens is 3. The quantitative estimate of drug-likeness (QED) is 0.639. The van der Waals surface area contributed by atoms with Crippen LogP contribution in [0.5, 0.6) is 5.88 Å². The normalized spacial score (nSPS) is 18.2. The van der Waals surface area contributed by atoms with E-state index in [0.29, 0.717) is 5.88 Å². The first-order valence-electron chi connectivity index (χ1n) is 10.9. The van der Waals surface area contributed by atoms with E-state index >= 15 is 0 Å². The molecule has 0 amide bonds. The first kappa shape index (κ1) is 20.0. The van der Waals surface area contributed by atoms with Crippen LogP contribution in [0.3, 0.4) is 0 Å². The van der Waals surface area contributed by atoms with E-state index in [9.17, 15) is 0 Å². The van der Waals surface area contributed by atoms with Gasteiger partial charge in [0, 0.05) is 36.7 Å². The second-order valence-corrected chi connectivity index (χ2v) is 8.79. The Kier molecular flexibility index (Phi) is 5.14. The van der Waals surface area contributed by atoms with Gasteiger partial charge in [0.1, 0.15) is 17.9 Å². The summed E-state index contributed by atoms with van der Waals surface area (Å²) in [7, 11) is 1.65. The van der Waals surface area contributed by atoms with Crippen LogP contribution in [0.25, 0.3) is 0 Å². The summed E-state index contributed by atoms with van der Waals surface area (Å²) in [6, 6.07) is 10.9. The number of hydrogen-bond donors (Lipinski definition) is 0. The summed E-state index contributed by atoms with van der Waals surface area (Å²) in [5.74, 6) is 2.47. The highest BCUT2D eigenvalue weighted by molar-refractivity contribution is 5.49. The molecule has 0 bridgehead atoms. The Morgan fingerprint density at radius 2 is 1.94 bits per heavy atom. The Morgan fingerprint density at radius 3 is 2.68 bits per heavy atom. The lowest BCUT2D eigenvalue weighted by Crippen LogP contribution is -2.52. The van der Waals surface area contributed by atoms with Gasteiger partial charge in [0.05, 0.1) is 12.8 Å². The maximum atomic E-state index is 5.37. The molecule has 7 heteroatoms. The first-order chi connectivity index (χ1) is 15.1. The highest BCUT2D eigenvalue weighted by atomic mass is 16.5. The molecule has 2 aliphatic rings. The van der Waals surface area contributed by atoms with Crippen molar-refractivity contribution in [3.8, 4) is 5.88 Å². The van der Waals surface area contributed by atoms with E-state index < -0.39 is 0 Å². The number of benzene rings is 1. The van der Waals surface area contributed by atoms with Crippen molar-refractivity contribution in [1.29, 1.82) is 0 Å². The molecule has 0 saturated carbocycles. The summed E-state index contributed by atoms with van der Waals surface area (Å²) in [4.78, 5) is 13.7. The fraction of sp³-hybridized carbons (Fsp3) is 0.458. The zero-order valence-corrected chi connectivity index (χ0v) is 18.5. The molecule has 1 saturated heterocycles. The van der Waals surface area contributed by atoms with Gasteiger partial charge in [0.2, 0.25) is 5.88 Å². The van der Waals surface area contributed by atoms with E-state index in [0.717, 1.165) is 62.8 Å². The summed E-state index contributed by atoms with van der Waals surface area (Å²) in [5.41, 5.74) is 5.26. The van der Waals surface area contributed by atoms with Gasteiger partial charge in [-0.15, -0.1) is 0 Å². The third kappa shape index (κ3) is 3.67. The Morgan fingerprint density at radius 1 is 1.13 bits per heavy atom. The minimum absolute atomic E-state index is 0.127. The molecule has 162 valence electrons. The molecule has 0 radical (unpaired) electrons. The highest BCUT2D eigenvalue weighted by Gasteiger charge is 2.42. The molecular weight excluding hydrogens is 390 g/mol. The van der Waals surface area contributed by atoms with Crippen LogP contribution in [0.2, 0.25) is 0 Å². The lowest BCUT2D eigenvalue weighted by atomic mass is 9.69. The zero-order valence-electron chi connectivity index (χ0n) is 18.5. The van der Waals surface area contributed by atoms with Gasteiger partial charge in [-0.25, -0.2) is 9.97 Å². The van der Waals surface area contributed by atoms with Crippen molar-refractivity contribution in [2.24, 2.45) is 0 Å². The van der Waals surface area contributed by atoms with E-state index in [1.807, 2.05) is 19.9 Å². The van der Waals surface area contributed by atoms with Gasteiger partial charge in [0.25, 0.3) is 0 Å². The SMILES string of the molecule is COc1cc(N2Cc3ccccc3C3(CCN(Cc4c(C)noc4C)CC3)C2)ncn1. The fourth-order valence-corrected chi connectivity index (χ4v) is 5.18. The average molecular weight is 420 g/mol. The number of methoxy groups -OCH3 is 1. The third-order valence-corrected chi connectivity index (χ3v) is 6.98. The third-order valence-electron chi connectivity index (χ3n) is 6.98. The smallest absolute Gasteiger partial charge is 0.218 e. The molecule has 0 N–H and O–H groups in total. The molecular formula is C24H29N5O2. The molecule has 0 unspecified atom stereocenters. The Labute approximate surface area is 183 Å². The Bertz CT molecular complexity index is 1050. The van der Waals surface area contributed by atoms with Crippen LogP contribution >= 0.6 is 0 Å². The average Bonchev–Trinajstić information content (AvgIpc) is 3.12. The number of rotatable bonds is 4. The summed E-state index contributed by atoms with van der Waals surface area (Å²) in [6.07, 6.45) is 3.83. The lowest BCUT2D eigenvalue weighted by molar-refractivity contribution is 0.149. The Balaban J connectivity index is 1.40. The van der Waals surface area contributed by atoms with E-state index in [1.165, 1.54) is 16.7 Å². The second-order valence-electron chi connectivity index (χ2n) is 8.79. The van der Waals surface area contributed by atoms with Crippen LogP contribution in [0.15, 0.2) is 41.2 Å². The molecule has 4 heterocycles. The monoisotopic (exact) mass is 419 g/mol. The van der Waals surface area contributed by atoms with Gasteiger partial charge in [-0.3, -0.25) is 4.90 Å². The van der Waals surface area contributed by atoms with E-state index in [1.54, 1.807) is 13.4 Å². The van der Waals surface area contributed by atoms with Gasteiger partial charge in [-0.2, -0.15) is 0 Å². The molecule has 3 aromatic rings. The molecule has 2 aliphatic heterocycles. The van der Waals surface area contributed by atoms with Crippen LogP contribution in [-0.2, 0) is 18.5 Å². The largest absolute Gasteiger partial charge is 0.481 e. The first-order valence-corrected chi connectivity index (χ1v) is 10.9. The van der Waals surface area contributed by atoms with Gasteiger partial charge in [-0.1, -0.05) is 29.4 Å².